The second kappa shape index (κ2) is 8.01. The predicted molar refractivity (Wildman–Crippen MR) is 97.6 cm³/mol. The van der Waals surface area contributed by atoms with Crippen molar-refractivity contribution in [2.45, 2.75) is 12.2 Å². The zero-order chi connectivity index (χ0) is 19.4. The molecule has 0 bridgehead atoms. The van der Waals surface area contributed by atoms with Crippen LogP contribution in [0.1, 0.15) is 17.2 Å². The summed E-state index contributed by atoms with van der Waals surface area (Å²) in [6.07, 6.45) is 2.35. The van der Waals surface area contributed by atoms with Crippen LogP contribution in [0.4, 0.5) is 0 Å². The van der Waals surface area contributed by atoms with Crippen molar-refractivity contribution in [3.8, 4) is 28.7 Å². The highest BCUT2D eigenvalue weighted by Crippen LogP contribution is 2.47. The van der Waals surface area contributed by atoms with E-state index >= 15 is 0 Å². The third-order valence-corrected chi connectivity index (χ3v) is 4.20. The third-order valence-electron chi connectivity index (χ3n) is 4.20. The molecule has 0 fully saturated rings. The predicted octanol–water partition coefficient (Wildman–Crippen LogP) is 2.49. The first-order chi connectivity index (χ1) is 13.1. The highest BCUT2D eigenvalue weighted by atomic mass is 16.6. The average molecular weight is 372 g/mol. The van der Waals surface area contributed by atoms with Gasteiger partial charge < -0.3 is 29.2 Å². The number of aldehydes is 1. The highest BCUT2D eigenvalue weighted by molar-refractivity contribution is 5.75. The quantitative estimate of drug-likeness (QED) is 0.594. The fraction of sp³-hybridized carbons (Fsp3) is 0.250. The Morgan fingerprint density at radius 1 is 1.11 bits per heavy atom. The maximum Gasteiger partial charge on any atom is 0.204 e. The summed E-state index contributed by atoms with van der Waals surface area (Å²) in [4.78, 5) is 10.6. The number of ether oxygens (including phenoxy) is 4. The smallest absolute Gasteiger partial charge is 0.204 e. The molecule has 0 unspecified atom stereocenters. The molecular formula is C20H20O7. The number of carbonyl (C=O) groups excluding carboxylic acids is 1. The van der Waals surface area contributed by atoms with Crippen molar-refractivity contribution in [1.82, 2.24) is 0 Å². The van der Waals surface area contributed by atoms with Crippen molar-refractivity contribution in [2.24, 2.45) is 0 Å². The molecule has 0 saturated heterocycles. The van der Waals surface area contributed by atoms with Gasteiger partial charge in [-0.15, -0.1) is 0 Å². The summed E-state index contributed by atoms with van der Waals surface area (Å²) in [5.74, 6) is 1.52. The van der Waals surface area contributed by atoms with E-state index in [-0.39, 0.29) is 12.4 Å². The van der Waals surface area contributed by atoms with Crippen LogP contribution in [0.3, 0.4) is 0 Å². The van der Waals surface area contributed by atoms with Gasteiger partial charge in [0.1, 0.15) is 6.29 Å². The zero-order valence-corrected chi connectivity index (χ0v) is 14.9. The number of benzene rings is 2. The number of phenols is 1. The highest BCUT2D eigenvalue weighted by Gasteiger charge is 2.35. The van der Waals surface area contributed by atoms with E-state index < -0.39 is 12.2 Å². The van der Waals surface area contributed by atoms with Gasteiger partial charge in [0.05, 0.1) is 20.8 Å². The molecule has 0 spiro atoms. The summed E-state index contributed by atoms with van der Waals surface area (Å²) in [5.41, 5.74) is 1.37. The van der Waals surface area contributed by atoms with E-state index in [1.165, 1.54) is 26.4 Å². The van der Waals surface area contributed by atoms with E-state index in [0.717, 1.165) is 0 Å². The normalized spacial score (nSPS) is 18.3. The van der Waals surface area contributed by atoms with Crippen molar-refractivity contribution >= 4 is 12.4 Å². The van der Waals surface area contributed by atoms with Gasteiger partial charge in [-0.05, 0) is 35.9 Å². The van der Waals surface area contributed by atoms with Crippen molar-refractivity contribution < 1.29 is 34.0 Å². The van der Waals surface area contributed by atoms with Gasteiger partial charge in [0.15, 0.2) is 35.2 Å². The minimum absolute atomic E-state index is 0.00174. The Labute approximate surface area is 156 Å². The number of phenolic OH excluding ortho intramolecular Hbond substituents is 1. The molecule has 7 nitrogen and oxygen atoms in total. The summed E-state index contributed by atoms with van der Waals surface area (Å²) >= 11 is 0. The Morgan fingerprint density at radius 2 is 1.89 bits per heavy atom. The molecule has 2 atom stereocenters. The van der Waals surface area contributed by atoms with Gasteiger partial charge in [0.2, 0.25) is 5.75 Å². The number of hydrogen-bond acceptors (Lipinski definition) is 7. The van der Waals surface area contributed by atoms with Gasteiger partial charge >= 0.3 is 0 Å². The lowest BCUT2D eigenvalue weighted by molar-refractivity contribution is -0.104. The Hall–Kier alpha value is -3.19. The Bertz CT molecular complexity index is 860. The van der Waals surface area contributed by atoms with E-state index in [1.807, 2.05) is 0 Å². The minimum atomic E-state index is -0.683. The second-order valence-electron chi connectivity index (χ2n) is 5.85. The molecule has 1 aliphatic rings. The Balaban J connectivity index is 2.03. The molecule has 0 amide bonds. The molecule has 1 aliphatic heterocycles. The molecular weight excluding hydrogens is 352 g/mol. The third kappa shape index (κ3) is 3.68. The topological polar surface area (TPSA) is 94.5 Å². The minimum Gasteiger partial charge on any atom is -0.504 e. The molecule has 2 aromatic rings. The van der Waals surface area contributed by atoms with Crippen LogP contribution in [0.15, 0.2) is 36.4 Å². The second-order valence-corrected chi connectivity index (χ2v) is 5.85. The lowest BCUT2D eigenvalue weighted by Gasteiger charge is -2.34. The number of rotatable bonds is 6. The molecule has 2 aromatic carbocycles. The van der Waals surface area contributed by atoms with E-state index in [2.05, 4.69) is 0 Å². The summed E-state index contributed by atoms with van der Waals surface area (Å²) < 4.78 is 22.5. The number of aromatic hydroxyl groups is 1. The molecule has 142 valence electrons. The average Bonchev–Trinajstić information content (AvgIpc) is 2.70. The maximum absolute atomic E-state index is 10.6. The molecule has 7 heteroatoms. The molecule has 1 heterocycles. The zero-order valence-electron chi connectivity index (χ0n) is 14.9. The molecule has 2 N–H and O–H groups in total. The van der Waals surface area contributed by atoms with Gasteiger partial charge in [-0.3, -0.25) is 4.79 Å². The first kappa shape index (κ1) is 18.6. The number of methoxy groups -OCH3 is 2. The first-order valence-corrected chi connectivity index (χ1v) is 8.26. The van der Waals surface area contributed by atoms with E-state index in [1.54, 1.807) is 30.3 Å². The van der Waals surface area contributed by atoms with Gasteiger partial charge in [-0.2, -0.15) is 0 Å². The number of allylic oxidation sites excluding steroid dienone is 1. The largest absolute Gasteiger partial charge is 0.504 e. The van der Waals surface area contributed by atoms with Gasteiger partial charge in [0, 0.05) is 5.56 Å². The number of fused-ring (bicyclic) bond motifs is 1. The standard InChI is InChI=1S/C20H20O7/c1-24-15-10-13(5-6-14(15)23)19-18(11-22)27-20-16(25-2)8-12(4-3-7-21)9-17(20)26-19/h3-10,18-19,22-23H,11H2,1-2H3/t18-,19-/m0/s1. The van der Waals surface area contributed by atoms with Crippen LogP contribution >= 0.6 is 0 Å². The monoisotopic (exact) mass is 372 g/mol. The number of aliphatic hydroxyl groups is 1. The van der Waals surface area contributed by atoms with Crippen LogP contribution in [0.25, 0.3) is 6.08 Å². The van der Waals surface area contributed by atoms with Crippen molar-refractivity contribution in [3.63, 3.8) is 0 Å². The van der Waals surface area contributed by atoms with E-state index in [0.29, 0.717) is 40.4 Å². The van der Waals surface area contributed by atoms with Gasteiger partial charge in [0.25, 0.3) is 0 Å². The van der Waals surface area contributed by atoms with Crippen molar-refractivity contribution in [2.75, 3.05) is 20.8 Å². The molecule has 0 radical (unpaired) electrons. The van der Waals surface area contributed by atoms with Crippen LogP contribution in [-0.4, -0.2) is 43.4 Å². The molecule has 0 aromatic heterocycles. The fourth-order valence-corrected chi connectivity index (χ4v) is 2.91. The number of hydrogen-bond donors (Lipinski definition) is 2. The van der Waals surface area contributed by atoms with E-state index in [4.69, 9.17) is 18.9 Å². The molecule has 3 rings (SSSR count). The Kier molecular flexibility index (Phi) is 5.52. The molecule has 0 saturated carbocycles. The first-order valence-electron chi connectivity index (χ1n) is 8.26. The summed E-state index contributed by atoms with van der Waals surface area (Å²) in [6, 6.07) is 8.22. The summed E-state index contributed by atoms with van der Waals surface area (Å²) in [7, 11) is 2.95. The van der Waals surface area contributed by atoms with Crippen LogP contribution in [0.2, 0.25) is 0 Å². The van der Waals surface area contributed by atoms with E-state index in [9.17, 15) is 15.0 Å². The van der Waals surface area contributed by atoms with Crippen molar-refractivity contribution in [3.05, 3.63) is 47.5 Å². The lowest BCUT2D eigenvalue weighted by Crippen LogP contribution is -2.36. The Morgan fingerprint density at radius 3 is 2.56 bits per heavy atom. The van der Waals surface area contributed by atoms with Gasteiger partial charge in [-0.25, -0.2) is 0 Å². The van der Waals surface area contributed by atoms with Crippen molar-refractivity contribution in [1.29, 1.82) is 0 Å². The van der Waals surface area contributed by atoms with Crippen LogP contribution in [0, 0.1) is 0 Å². The molecule has 27 heavy (non-hydrogen) atoms. The number of carbonyl (C=O) groups is 1. The summed E-state index contributed by atoms with van der Waals surface area (Å²) in [6.45, 7) is -0.288. The molecule has 0 aliphatic carbocycles. The van der Waals surface area contributed by atoms with Crippen LogP contribution in [-0.2, 0) is 4.79 Å². The lowest BCUT2D eigenvalue weighted by atomic mass is 10.0. The maximum atomic E-state index is 10.6. The fourth-order valence-electron chi connectivity index (χ4n) is 2.91. The summed E-state index contributed by atoms with van der Waals surface area (Å²) in [5, 5.41) is 19.6. The SMILES string of the molecule is COc1cc([C@@H]2Oc3cc(C=CC=O)cc(OC)c3O[C@H]2CO)ccc1O. The van der Waals surface area contributed by atoms with Gasteiger partial charge in [-0.1, -0.05) is 12.1 Å². The van der Waals surface area contributed by atoms with Crippen LogP contribution < -0.4 is 18.9 Å². The number of aliphatic hydroxyl groups excluding tert-OH is 1. The van der Waals surface area contributed by atoms with Crippen LogP contribution in [0.5, 0.6) is 28.7 Å².